The van der Waals surface area contributed by atoms with Gasteiger partial charge in [-0.1, -0.05) is 0 Å². The summed E-state index contributed by atoms with van der Waals surface area (Å²) in [6.07, 6.45) is 5.30. The summed E-state index contributed by atoms with van der Waals surface area (Å²) in [5.41, 5.74) is 1.45. The zero-order chi connectivity index (χ0) is 11.6. The Balaban J connectivity index is 1.81. The number of hydrogen-bond donors (Lipinski definition) is 0. The van der Waals surface area contributed by atoms with Gasteiger partial charge < -0.3 is 0 Å². The van der Waals surface area contributed by atoms with Gasteiger partial charge in [0.15, 0.2) is 0 Å². The molecule has 1 atom stereocenters. The van der Waals surface area contributed by atoms with Crippen LogP contribution in [0.1, 0.15) is 23.3 Å². The van der Waals surface area contributed by atoms with E-state index in [1.807, 2.05) is 11.3 Å². The minimum atomic E-state index is -3.27. The maximum Gasteiger partial charge on any atom is 0.264 e. The summed E-state index contributed by atoms with van der Waals surface area (Å²) in [6, 6.07) is 2.18. The lowest BCUT2D eigenvalue weighted by Gasteiger charge is -2.21. The molecule has 1 unspecified atom stereocenters. The van der Waals surface area contributed by atoms with E-state index in [9.17, 15) is 8.42 Å². The Morgan fingerprint density at radius 3 is 3.12 bits per heavy atom. The lowest BCUT2D eigenvalue weighted by molar-refractivity contribution is 0.274. The molecule has 1 aliphatic carbocycles. The highest BCUT2D eigenvalue weighted by molar-refractivity contribution is 7.85. The second-order valence-electron chi connectivity index (χ2n) is 4.29. The van der Waals surface area contributed by atoms with Crippen molar-refractivity contribution < 1.29 is 12.6 Å². The van der Waals surface area contributed by atoms with Gasteiger partial charge >= 0.3 is 0 Å². The van der Waals surface area contributed by atoms with E-state index in [1.165, 1.54) is 10.4 Å². The van der Waals surface area contributed by atoms with Crippen molar-refractivity contribution in [2.45, 2.75) is 25.7 Å². The van der Waals surface area contributed by atoms with Crippen molar-refractivity contribution in [1.29, 1.82) is 0 Å². The minimum Gasteiger partial charge on any atom is -0.270 e. The molecular weight excluding hydrogens is 244 g/mol. The van der Waals surface area contributed by atoms with Crippen LogP contribution in [0.4, 0.5) is 0 Å². The first-order valence-corrected chi connectivity index (χ1v) is 8.14. The Hall–Kier alpha value is -0.390. The van der Waals surface area contributed by atoms with Crippen molar-refractivity contribution in [3.63, 3.8) is 0 Å². The molecule has 1 aromatic heterocycles. The molecule has 90 valence electrons. The van der Waals surface area contributed by atoms with Crippen LogP contribution >= 0.6 is 11.3 Å². The van der Waals surface area contributed by atoms with Crippen molar-refractivity contribution >= 4 is 21.5 Å². The average Bonchev–Trinajstić information content (AvgIpc) is 2.62. The minimum absolute atomic E-state index is 0.322. The van der Waals surface area contributed by atoms with Crippen molar-refractivity contribution in [3.05, 3.63) is 21.9 Å². The lowest BCUT2D eigenvalue weighted by atomic mass is 9.87. The molecule has 0 bridgehead atoms. The molecule has 0 saturated carbocycles. The second kappa shape index (κ2) is 4.85. The van der Waals surface area contributed by atoms with E-state index < -0.39 is 10.1 Å². The van der Waals surface area contributed by atoms with Crippen LogP contribution in [-0.4, -0.2) is 21.3 Å². The number of rotatable bonds is 4. The van der Waals surface area contributed by atoms with Gasteiger partial charge in [-0.15, -0.1) is 11.3 Å². The summed E-state index contributed by atoms with van der Waals surface area (Å²) in [4.78, 5) is 1.50. The Kier molecular flexibility index (Phi) is 3.66. The molecular formula is C11H16O3S2. The van der Waals surface area contributed by atoms with E-state index in [1.54, 1.807) is 0 Å². The predicted molar refractivity (Wildman–Crippen MR) is 65.2 cm³/mol. The normalized spacial score (nSPS) is 20.7. The van der Waals surface area contributed by atoms with E-state index in [2.05, 4.69) is 11.4 Å². The first-order chi connectivity index (χ1) is 7.54. The number of fused-ring (bicyclic) bond motifs is 1. The summed E-state index contributed by atoms with van der Waals surface area (Å²) >= 11 is 1.83. The fraction of sp³-hybridized carbons (Fsp3) is 0.636. The predicted octanol–water partition coefficient (Wildman–Crippen LogP) is 2.22. The van der Waals surface area contributed by atoms with E-state index in [4.69, 9.17) is 4.18 Å². The van der Waals surface area contributed by atoms with Crippen LogP contribution in [-0.2, 0) is 27.1 Å². The van der Waals surface area contributed by atoms with Gasteiger partial charge in [0.25, 0.3) is 10.1 Å². The molecule has 0 spiro atoms. The first-order valence-electron chi connectivity index (χ1n) is 5.44. The Morgan fingerprint density at radius 1 is 1.56 bits per heavy atom. The maximum absolute atomic E-state index is 10.8. The molecule has 0 amide bonds. The third-order valence-corrected chi connectivity index (χ3v) is 4.57. The van der Waals surface area contributed by atoms with Gasteiger partial charge in [-0.05, 0) is 48.6 Å². The molecule has 5 heteroatoms. The molecule has 1 heterocycles. The first kappa shape index (κ1) is 12.1. The molecule has 16 heavy (non-hydrogen) atoms. The summed E-state index contributed by atoms with van der Waals surface area (Å²) in [7, 11) is -3.27. The molecule has 1 aliphatic rings. The summed E-state index contributed by atoms with van der Waals surface area (Å²) < 4.78 is 26.4. The highest BCUT2D eigenvalue weighted by Gasteiger charge is 2.19. The molecule has 0 aliphatic heterocycles. The van der Waals surface area contributed by atoms with Crippen molar-refractivity contribution in [3.8, 4) is 0 Å². The number of thiophene rings is 1. The van der Waals surface area contributed by atoms with Gasteiger partial charge in [0.2, 0.25) is 0 Å². The van der Waals surface area contributed by atoms with Crippen molar-refractivity contribution in [2.75, 3.05) is 12.9 Å². The fourth-order valence-corrected chi connectivity index (χ4v) is 3.46. The molecule has 0 aromatic carbocycles. The molecule has 1 aromatic rings. The zero-order valence-corrected chi connectivity index (χ0v) is 10.9. The van der Waals surface area contributed by atoms with Gasteiger partial charge in [-0.3, -0.25) is 4.18 Å². The van der Waals surface area contributed by atoms with Crippen molar-refractivity contribution in [1.82, 2.24) is 0 Å². The van der Waals surface area contributed by atoms with Crippen LogP contribution in [0.15, 0.2) is 11.4 Å². The Labute approximate surface area is 101 Å². The Bertz CT molecular complexity index is 448. The van der Waals surface area contributed by atoms with Gasteiger partial charge in [-0.25, -0.2) is 0 Å². The van der Waals surface area contributed by atoms with Crippen LogP contribution in [0.3, 0.4) is 0 Å². The lowest BCUT2D eigenvalue weighted by Crippen LogP contribution is -2.15. The quantitative estimate of drug-likeness (QED) is 0.780. The molecule has 0 saturated heterocycles. The van der Waals surface area contributed by atoms with Crippen LogP contribution in [0, 0.1) is 5.92 Å². The SMILES string of the molecule is CS(=O)(=O)OCCC1CCc2sccc2C1. The van der Waals surface area contributed by atoms with E-state index >= 15 is 0 Å². The van der Waals surface area contributed by atoms with E-state index in [-0.39, 0.29) is 0 Å². The molecule has 2 rings (SSSR count). The molecule has 3 nitrogen and oxygen atoms in total. The molecule has 0 fully saturated rings. The van der Waals surface area contributed by atoms with Crippen LogP contribution < -0.4 is 0 Å². The number of hydrogen-bond acceptors (Lipinski definition) is 4. The van der Waals surface area contributed by atoms with Gasteiger partial charge in [0.1, 0.15) is 0 Å². The molecule has 0 N–H and O–H groups in total. The Morgan fingerprint density at radius 2 is 2.38 bits per heavy atom. The van der Waals surface area contributed by atoms with Crippen LogP contribution in [0.2, 0.25) is 0 Å². The van der Waals surface area contributed by atoms with E-state index in [0.29, 0.717) is 12.5 Å². The largest absolute Gasteiger partial charge is 0.270 e. The third-order valence-electron chi connectivity index (χ3n) is 2.95. The topological polar surface area (TPSA) is 43.4 Å². The van der Waals surface area contributed by atoms with Crippen LogP contribution in [0.25, 0.3) is 0 Å². The third kappa shape index (κ3) is 3.30. The zero-order valence-electron chi connectivity index (χ0n) is 9.31. The van der Waals surface area contributed by atoms with Crippen molar-refractivity contribution in [2.24, 2.45) is 5.92 Å². The average molecular weight is 260 g/mol. The van der Waals surface area contributed by atoms with E-state index in [0.717, 1.165) is 31.9 Å². The number of aryl methyl sites for hydroxylation is 1. The summed E-state index contributed by atoms with van der Waals surface area (Å²) in [6.45, 7) is 0.322. The fourth-order valence-electron chi connectivity index (χ4n) is 2.13. The smallest absolute Gasteiger partial charge is 0.264 e. The van der Waals surface area contributed by atoms with Gasteiger partial charge in [0.05, 0.1) is 12.9 Å². The van der Waals surface area contributed by atoms with Gasteiger partial charge in [-0.2, -0.15) is 8.42 Å². The standard InChI is InChI=1S/C11H16O3S2/c1-16(12,13)14-6-4-9-2-3-11-10(8-9)5-7-15-11/h5,7,9H,2-4,6,8H2,1H3. The maximum atomic E-state index is 10.8. The summed E-state index contributed by atoms with van der Waals surface area (Å²) in [5, 5.41) is 2.14. The monoisotopic (exact) mass is 260 g/mol. The summed E-state index contributed by atoms with van der Waals surface area (Å²) in [5.74, 6) is 0.573. The van der Waals surface area contributed by atoms with Crippen LogP contribution in [0.5, 0.6) is 0 Å². The van der Waals surface area contributed by atoms with Gasteiger partial charge in [0, 0.05) is 4.88 Å². The second-order valence-corrected chi connectivity index (χ2v) is 6.94. The highest BCUT2D eigenvalue weighted by Crippen LogP contribution is 2.30. The molecule has 0 radical (unpaired) electrons. The highest BCUT2D eigenvalue weighted by atomic mass is 32.2.